The summed E-state index contributed by atoms with van der Waals surface area (Å²) in [4.78, 5) is 225. The Hall–Kier alpha value is -15.4. The second-order valence-corrected chi connectivity index (χ2v) is 33.9. The van der Waals surface area contributed by atoms with E-state index in [9.17, 15) is 76.7 Å². The van der Waals surface area contributed by atoms with E-state index >= 15 is 0 Å². The molecule has 9 heterocycles. The van der Waals surface area contributed by atoms with Crippen molar-refractivity contribution in [2.24, 2.45) is 0 Å². The van der Waals surface area contributed by atoms with E-state index in [0.717, 1.165) is 111 Å². The fraction of sp³-hybridized carbons (Fsp3) is 0.440. The maximum absolute atomic E-state index is 13.2. The highest BCUT2D eigenvalue weighted by Gasteiger charge is 2.58. The zero-order chi connectivity index (χ0) is 104. The molecule has 0 unspecified atom stereocenters. The average molecular weight is 2000 g/mol. The van der Waals surface area contributed by atoms with Gasteiger partial charge < -0.3 is 124 Å². The zero-order valence-corrected chi connectivity index (χ0v) is 81.0. The van der Waals surface area contributed by atoms with E-state index in [1.165, 1.54) is 0 Å². The molecule has 0 spiro atoms. The van der Waals surface area contributed by atoms with Crippen molar-refractivity contribution in [1.29, 1.82) is 0 Å². The van der Waals surface area contributed by atoms with Gasteiger partial charge in [-0.15, -0.1) is 0 Å². The zero-order valence-electron chi connectivity index (χ0n) is 81.0. The number of carbonyl (C=O) groups excluding carboxylic acids is 16. The summed E-state index contributed by atoms with van der Waals surface area (Å²) in [7, 11) is 0. The van der Waals surface area contributed by atoms with Gasteiger partial charge >= 0.3 is 95.5 Å². The van der Waals surface area contributed by atoms with Crippen LogP contribution in [0, 0.1) is 0 Å². The van der Waals surface area contributed by atoms with Crippen molar-refractivity contribution in [3.05, 3.63) is 144 Å². The molecule has 144 heavy (non-hydrogen) atoms. The minimum absolute atomic E-state index is 0.0104. The third-order valence-corrected chi connectivity index (χ3v) is 22.6. The molecule has 4 aromatic carbocycles. The quantitative estimate of drug-likeness (QED) is 0.0295. The molecule has 2 N–H and O–H groups in total. The maximum atomic E-state index is 13.2. The van der Waals surface area contributed by atoms with Crippen molar-refractivity contribution >= 4 is 118 Å². The number of carbonyl (C=O) groups is 16. The van der Waals surface area contributed by atoms with Crippen LogP contribution in [0.3, 0.4) is 0 Å². The Morgan fingerprint density at radius 3 is 0.583 bits per heavy atom. The van der Waals surface area contributed by atoms with Gasteiger partial charge in [-0.2, -0.15) is 0 Å². The standard InChI is InChI=1S/C100H106N4O40/c1-45(105)121-41-77-85(125-49(5)109)89(129-53(9)113)93(133-57(13)117)97(141-77)137-65-25-17-21-61(37-65)81-69-29-31-71(101-69)82(62-22-18-26-66(38-62)138-98-94(134-58(14)118)90(130-54(10)114)86(126-50(6)110)78(142-98)42-122-46(2)106)73-33-35-75(103-73)84(64-24-20-28-68(40-64)140-100-96(136-60(16)120)92(132-56(12)116)88(128-52(8)112)80(144-100)44-124-48(4)108)76-36-34-74(104-76)83(72-32-30-70(81)102-72)63-23-19-27-67(39-63)139-99-95(135-59(15)119)91(131-55(11)115)87(127-51(7)111)79(143-99)43-123-47(3)107/h17-29,31,34,36-40,77-80,85-101,104H,30,32-33,35,41-44H2,1-16H3/t77-,78-,79-,80-,85+,86+,87+,88+,89+,90+,91+,92+,93-,94-,95-,96-,97-,98-,99-,100-/m1/s1. The second kappa shape index (κ2) is 47.0. The van der Waals surface area contributed by atoms with Crippen LogP contribution in [0.2, 0.25) is 0 Å². The highest BCUT2D eigenvalue weighted by Crippen LogP contribution is 2.45. The smallest absolute Gasteiger partial charge is 0.303 e. The number of fused-ring (bicyclic) bond motifs is 8. The number of rotatable bonds is 32. The summed E-state index contributed by atoms with van der Waals surface area (Å²) in [5, 5.41) is 0. The van der Waals surface area contributed by atoms with Crippen LogP contribution in [0.15, 0.2) is 121 Å². The number of hydrogen-bond acceptors (Lipinski definition) is 42. The molecule has 6 aliphatic rings. The topological polar surface area (TPSA) is 552 Å². The van der Waals surface area contributed by atoms with E-state index in [1.807, 2.05) is 0 Å². The van der Waals surface area contributed by atoms with Crippen LogP contribution in [-0.4, -0.2) is 265 Å². The monoisotopic (exact) mass is 2000 g/mol. The third kappa shape index (κ3) is 26.9. The molecule has 4 fully saturated rings. The van der Waals surface area contributed by atoms with Gasteiger partial charge in [-0.05, 0) is 121 Å². The molecule has 0 radical (unpaired) electrons. The molecule has 8 bridgehead atoms. The summed E-state index contributed by atoms with van der Waals surface area (Å²) >= 11 is 0. The summed E-state index contributed by atoms with van der Waals surface area (Å²) in [6.07, 6.45) is -31.7. The van der Waals surface area contributed by atoms with E-state index in [0.29, 0.717) is 89.4 Å². The normalized spacial score (nSPS) is 24.2. The molecule has 0 aliphatic carbocycles. The number of nitrogens with zero attached hydrogens (tertiary/aromatic N) is 2. The van der Waals surface area contributed by atoms with Gasteiger partial charge in [-0.25, -0.2) is 0 Å². The molecule has 20 atom stereocenters. The van der Waals surface area contributed by atoms with Gasteiger partial charge in [0.2, 0.25) is 49.6 Å². The number of aryl methyl sites for hydroxylation is 4. The Morgan fingerprint density at radius 2 is 0.410 bits per heavy atom. The van der Waals surface area contributed by atoms with Gasteiger partial charge in [0.05, 0.1) is 22.8 Å². The largest absolute Gasteiger partial charge is 0.463 e. The van der Waals surface area contributed by atoms with Gasteiger partial charge in [0.15, 0.2) is 48.8 Å². The second-order valence-electron chi connectivity index (χ2n) is 33.9. The molecule has 4 saturated heterocycles. The van der Waals surface area contributed by atoms with Crippen molar-refractivity contribution in [3.8, 4) is 67.5 Å². The number of nitrogens with one attached hydrogen (secondary N) is 2. The van der Waals surface area contributed by atoms with E-state index in [2.05, 4.69) is 9.97 Å². The maximum Gasteiger partial charge on any atom is 0.303 e. The van der Waals surface area contributed by atoms with Gasteiger partial charge in [0.1, 0.15) is 73.8 Å². The average Bonchev–Trinajstić information content (AvgIpc) is 1.62. The number of hydrogen-bond donors (Lipinski definition) is 2. The predicted octanol–water partition coefficient (Wildman–Crippen LogP) is 8.40. The third-order valence-electron chi connectivity index (χ3n) is 22.6. The van der Waals surface area contributed by atoms with E-state index in [1.54, 1.807) is 121 Å². The summed E-state index contributed by atoms with van der Waals surface area (Å²) in [6, 6.07) is 33.2. The Bertz CT molecular complexity index is 5530. The molecule has 6 aliphatic heterocycles. The Labute approximate surface area is 821 Å². The van der Waals surface area contributed by atoms with Crippen molar-refractivity contribution < 1.29 is 190 Å². The van der Waals surface area contributed by atoms with Crippen molar-refractivity contribution in [3.63, 3.8) is 0 Å². The molecular formula is C100H106N4O40. The molecule has 766 valence electrons. The first-order valence-corrected chi connectivity index (χ1v) is 45.5. The highest BCUT2D eigenvalue weighted by molar-refractivity contribution is 5.93. The van der Waals surface area contributed by atoms with Crippen LogP contribution in [0.1, 0.15) is 134 Å². The highest BCUT2D eigenvalue weighted by atomic mass is 16.8. The van der Waals surface area contributed by atoms with Gasteiger partial charge in [-0.3, -0.25) is 86.7 Å². The summed E-state index contributed by atoms with van der Waals surface area (Å²) in [5.41, 5.74) is 6.25. The summed E-state index contributed by atoms with van der Waals surface area (Å²) in [6.45, 7) is 15.0. The van der Waals surface area contributed by atoms with E-state index in [-0.39, 0.29) is 48.7 Å². The molecule has 44 nitrogen and oxygen atoms in total. The number of esters is 16. The first-order chi connectivity index (χ1) is 68.5. The van der Waals surface area contributed by atoms with Crippen LogP contribution >= 0.6 is 0 Å². The Kier molecular flexibility index (Phi) is 34.5. The Balaban J connectivity index is 1.08. The summed E-state index contributed by atoms with van der Waals surface area (Å²) in [5.74, 6) is -13.8. The molecule has 0 saturated carbocycles. The fourth-order valence-corrected chi connectivity index (χ4v) is 17.6. The predicted molar refractivity (Wildman–Crippen MR) is 488 cm³/mol. The summed E-state index contributed by atoms with van der Waals surface area (Å²) < 4.78 is 143. The number of H-pyrrole nitrogens is 2. The van der Waals surface area contributed by atoms with E-state index < -0.39 is 245 Å². The lowest BCUT2D eigenvalue weighted by Gasteiger charge is -2.43. The van der Waals surface area contributed by atoms with Crippen LogP contribution < -0.4 is 18.9 Å². The fourth-order valence-electron chi connectivity index (χ4n) is 17.6. The van der Waals surface area contributed by atoms with Crippen LogP contribution in [-0.2, 0) is 197 Å². The number of aromatic amines is 2. The van der Waals surface area contributed by atoms with Crippen molar-refractivity contribution in [2.45, 2.75) is 259 Å². The minimum atomic E-state index is -1.73. The molecule has 3 aromatic heterocycles. The molecule has 13 rings (SSSR count). The van der Waals surface area contributed by atoms with Crippen molar-refractivity contribution in [2.75, 3.05) is 26.4 Å². The lowest BCUT2D eigenvalue weighted by molar-refractivity contribution is -0.288. The molecule has 7 aromatic rings. The molecular weight excluding hydrogens is 1900 g/mol. The first kappa shape index (κ1) is 106. The van der Waals surface area contributed by atoms with Gasteiger partial charge in [0.25, 0.3) is 0 Å². The van der Waals surface area contributed by atoms with Crippen LogP contribution in [0.5, 0.6) is 23.0 Å². The van der Waals surface area contributed by atoms with Crippen LogP contribution in [0.25, 0.3) is 66.6 Å². The van der Waals surface area contributed by atoms with E-state index in [4.69, 9.17) is 124 Å². The van der Waals surface area contributed by atoms with Gasteiger partial charge in [-0.1, -0.05) is 48.5 Å². The number of aromatic nitrogens is 4. The van der Waals surface area contributed by atoms with Crippen LogP contribution in [0.4, 0.5) is 0 Å². The lowest BCUT2D eigenvalue weighted by atomic mass is 9.98. The molecule has 44 heteroatoms. The van der Waals surface area contributed by atoms with Crippen molar-refractivity contribution in [1.82, 2.24) is 19.9 Å². The number of ether oxygens (including phenoxy) is 24. The van der Waals surface area contributed by atoms with Gasteiger partial charge in [0, 0.05) is 155 Å². The lowest BCUT2D eigenvalue weighted by Crippen LogP contribution is -2.63. The SMILES string of the molecule is CC(=O)OC[C@H]1O[C@@H](Oc2cccc(-c3c4nc(c(-c5cccc(O[C@@H]6O[C@H](COC(C)=O)[C@H](OC(C)=O)[C@H](OC(C)=O)[C@H]6OC(C)=O)c5)c5ccc([nH]5)c(-c5cccc(O[C@@H]6O[C@H](COC(C)=O)[C@H](OC(C)=O)[C@H](OC(C)=O)[C@H]6OC(C)=O)c5)c5nc(c(-c6cccc(O[C@@H]7O[C@H](COC(C)=O)[C@H](OC(C)=O)[C@H](OC(C)=O)[C@H]7OC(C)=O)c6)c6ccc3[nH]6)CC5)CC4)c2)[C@H](OC(C)=O)[C@@H](OC(C)=O)[C@H]1OC(C)=O. The minimum Gasteiger partial charge on any atom is -0.463 e. The first-order valence-electron chi connectivity index (χ1n) is 45.5. The Morgan fingerprint density at radius 1 is 0.236 bits per heavy atom. The number of benzene rings is 4. The molecule has 0 amide bonds.